The number of nitrogens with zero attached hydrogens (tertiary/aromatic N) is 2. The van der Waals surface area contributed by atoms with Gasteiger partial charge in [-0.3, -0.25) is 4.79 Å². The molecule has 1 aliphatic heterocycles. The largest absolute Gasteiger partial charge is 0.506 e. The Morgan fingerprint density at radius 3 is 2.45 bits per heavy atom. The van der Waals surface area contributed by atoms with E-state index in [0.29, 0.717) is 23.9 Å². The maximum Gasteiger partial charge on any atom is 0.286 e. The summed E-state index contributed by atoms with van der Waals surface area (Å²) in [5.41, 5.74) is 4.14. The molecule has 8 nitrogen and oxygen atoms in total. The number of hydrogen-bond donors (Lipinski definition) is 3. The van der Waals surface area contributed by atoms with E-state index in [9.17, 15) is 18.3 Å². The molecular formula is C24H20N4O4S. The summed E-state index contributed by atoms with van der Waals surface area (Å²) in [4.78, 5) is 13.5. The van der Waals surface area contributed by atoms with Gasteiger partial charge in [0.1, 0.15) is 16.2 Å². The number of rotatable bonds is 5. The van der Waals surface area contributed by atoms with Crippen molar-refractivity contribution >= 4 is 32.4 Å². The highest BCUT2D eigenvalue weighted by atomic mass is 32.2. The summed E-state index contributed by atoms with van der Waals surface area (Å²) in [6.07, 6.45) is 0.665. The number of anilines is 1. The van der Waals surface area contributed by atoms with Crippen LogP contribution in [0.15, 0.2) is 93.0 Å². The second-order valence-corrected chi connectivity index (χ2v) is 9.13. The quantitative estimate of drug-likeness (QED) is 0.422. The summed E-state index contributed by atoms with van der Waals surface area (Å²) in [7, 11) is -4.05. The molecule has 1 aliphatic rings. The molecule has 0 saturated carbocycles. The number of benzene rings is 3. The number of hydrogen-bond acceptors (Lipinski definition) is 6. The topological polar surface area (TPSA) is 113 Å². The minimum absolute atomic E-state index is 0.00957. The summed E-state index contributed by atoms with van der Waals surface area (Å²) < 4.78 is 30.6. The Morgan fingerprint density at radius 2 is 1.64 bits per heavy atom. The molecule has 4 aromatic rings. The van der Waals surface area contributed by atoms with Crippen LogP contribution in [0.3, 0.4) is 0 Å². The van der Waals surface area contributed by atoms with Crippen molar-refractivity contribution in [1.29, 1.82) is 0 Å². The number of sulfonamides is 1. The number of amidine groups is 1. The third-order valence-corrected chi connectivity index (χ3v) is 6.78. The Hall–Kier alpha value is -4.11. The van der Waals surface area contributed by atoms with Gasteiger partial charge in [0, 0.05) is 11.9 Å². The predicted molar refractivity (Wildman–Crippen MR) is 128 cm³/mol. The minimum Gasteiger partial charge on any atom is -0.506 e. The average molecular weight is 461 g/mol. The van der Waals surface area contributed by atoms with E-state index in [1.54, 1.807) is 42.5 Å². The van der Waals surface area contributed by atoms with Gasteiger partial charge in [-0.25, -0.2) is 4.68 Å². The fourth-order valence-corrected chi connectivity index (χ4v) is 5.00. The van der Waals surface area contributed by atoms with Gasteiger partial charge in [-0.05, 0) is 36.2 Å². The summed E-state index contributed by atoms with van der Waals surface area (Å²) in [5, 5.41) is 14.3. The Bertz CT molecular complexity index is 1560. The molecule has 9 heteroatoms. The minimum atomic E-state index is -4.05. The van der Waals surface area contributed by atoms with Gasteiger partial charge in [-0.1, -0.05) is 54.6 Å². The summed E-state index contributed by atoms with van der Waals surface area (Å²) in [5.74, 6) is -0.557. The lowest BCUT2D eigenvalue weighted by atomic mass is 10.1. The smallest absolute Gasteiger partial charge is 0.286 e. The molecule has 0 bridgehead atoms. The Labute approximate surface area is 189 Å². The Morgan fingerprint density at radius 1 is 0.939 bits per heavy atom. The van der Waals surface area contributed by atoms with E-state index in [4.69, 9.17) is 0 Å². The zero-order valence-corrected chi connectivity index (χ0v) is 18.2. The molecule has 2 heterocycles. The maximum absolute atomic E-state index is 13.5. The van der Waals surface area contributed by atoms with Crippen molar-refractivity contribution in [2.45, 2.75) is 11.3 Å². The normalized spacial score (nSPS) is 14.2. The lowest BCUT2D eigenvalue weighted by molar-refractivity contribution is 0.478. The van der Waals surface area contributed by atoms with Crippen LogP contribution in [0.25, 0.3) is 10.9 Å². The van der Waals surface area contributed by atoms with Gasteiger partial charge in [0.25, 0.3) is 15.6 Å². The number of aromatic nitrogens is 1. The van der Waals surface area contributed by atoms with Gasteiger partial charge in [0.2, 0.25) is 0 Å². The van der Waals surface area contributed by atoms with E-state index in [0.717, 1.165) is 5.56 Å². The Balaban J connectivity index is 1.62. The van der Waals surface area contributed by atoms with Crippen molar-refractivity contribution in [3.8, 4) is 5.75 Å². The Kier molecular flexibility index (Phi) is 5.10. The van der Waals surface area contributed by atoms with Gasteiger partial charge < -0.3 is 15.8 Å². The van der Waals surface area contributed by atoms with E-state index >= 15 is 0 Å². The van der Waals surface area contributed by atoms with Crippen LogP contribution < -0.4 is 16.3 Å². The molecule has 0 aliphatic carbocycles. The summed E-state index contributed by atoms with van der Waals surface area (Å²) in [6, 6.07) is 22.9. The third-order valence-electron chi connectivity index (χ3n) is 5.45. The molecule has 166 valence electrons. The first-order valence-corrected chi connectivity index (χ1v) is 11.8. The van der Waals surface area contributed by atoms with Crippen LogP contribution in [0, 0.1) is 0 Å². The molecule has 0 saturated heterocycles. The average Bonchev–Trinajstić information content (AvgIpc) is 2.82. The van der Waals surface area contributed by atoms with Crippen molar-refractivity contribution in [2.75, 3.05) is 17.3 Å². The first-order chi connectivity index (χ1) is 16.0. The fourth-order valence-electron chi connectivity index (χ4n) is 3.88. The van der Waals surface area contributed by atoms with Crippen LogP contribution in [0.5, 0.6) is 5.75 Å². The van der Waals surface area contributed by atoms with E-state index in [1.807, 2.05) is 30.3 Å². The van der Waals surface area contributed by atoms with Crippen LogP contribution in [0.4, 0.5) is 5.69 Å². The number of aromatic hydroxyl groups is 1. The summed E-state index contributed by atoms with van der Waals surface area (Å²) >= 11 is 0. The van der Waals surface area contributed by atoms with Crippen molar-refractivity contribution in [2.24, 2.45) is 4.40 Å². The van der Waals surface area contributed by atoms with Crippen LogP contribution in [-0.2, 0) is 16.4 Å². The molecule has 5 rings (SSSR count). The van der Waals surface area contributed by atoms with Crippen LogP contribution in [0.1, 0.15) is 11.1 Å². The van der Waals surface area contributed by atoms with Crippen LogP contribution >= 0.6 is 0 Å². The van der Waals surface area contributed by atoms with E-state index in [-0.39, 0.29) is 27.7 Å². The molecule has 0 unspecified atom stereocenters. The number of fused-ring (bicyclic) bond motifs is 2. The highest BCUT2D eigenvalue weighted by Crippen LogP contribution is 2.31. The van der Waals surface area contributed by atoms with Gasteiger partial charge >= 0.3 is 0 Å². The van der Waals surface area contributed by atoms with E-state index < -0.39 is 15.6 Å². The predicted octanol–water partition coefficient (Wildman–Crippen LogP) is 3.05. The molecule has 0 radical (unpaired) electrons. The fraction of sp³-hybridized carbons (Fsp3) is 0.0833. The molecular weight excluding hydrogens is 440 g/mol. The maximum atomic E-state index is 13.5. The summed E-state index contributed by atoms with van der Waals surface area (Å²) in [6.45, 7) is 0.444. The van der Waals surface area contributed by atoms with E-state index in [2.05, 4.69) is 15.1 Å². The molecule has 1 aromatic heterocycles. The van der Waals surface area contributed by atoms with Gasteiger partial charge in [0.05, 0.1) is 11.2 Å². The van der Waals surface area contributed by atoms with Gasteiger partial charge in [-0.2, -0.15) is 8.42 Å². The standard InChI is InChI=1S/C24H20N4O4S/c29-22-17-10-4-6-12-19(17)28(25-15-14-16-8-2-1-3-9-16)24(30)21(22)23-26-18-11-5-7-13-20(18)33(31,32)27-23/h1-13,25,29H,14-15H2,(H,26,27). The zero-order valence-electron chi connectivity index (χ0n) is 17.4. The van der Waals surface area contributed by atoms with Crippen LogP contribution in [0.2, 0.25) is 0 Å². The first kappa shape index (κ1) is 20.8. The molecule has 33 heavy (non-hydrogen) atoms. The first-order valence-electron chi connectivity index (χ1n) is 10.3. The van der Waals surface area contributed by atoms with Crippen molar-refractivity contribution < 1.29 is 13.5 Å². The zero-order chi connectivity index (χ0) is 23.0. The monoisotopic (exact) mass is 460 g/mol. The molecule has 0 fully saturated rings. The molecule has 0 atom stereocenters. The SMILES string of the molecule is O=c1c(C2=NS(=O)(=O)c3ccccc3N2)c(O)c2ccccc2n1NCCc1ccccc1. The third kappa shape index (κ3) is 3.72. The number of pyridine rings is 1. The second kappa shape index (κ2) is 8.10. The lowest BCUT2D eigenvalue weighted by Crippen LogP contribution is -2.37. The second-order valence-electron chi connectivity index (χ2n) is 7.56. The number of para-hydroxylation sites is 2. The van der Waals surface area contributed by atoms with Gasteiger partial charge in [-0.15, -0.1) is 4.40 Å². The lowest BCUT2D eigenvalue weighted by Gasteiger charge is -2.21. The van der Waals surface area contributed by atoms with Crippen molar-refractivity contribution in [1.82, 2.24) is 4.68 Å². The highest BCUT2D eigenvalue weighted by molar-refractivity contribution is 7.90. The molecule has 3 aromatic carbocycles. The molecule has 0 amide bonds. The van der Waals surface area contributed by atoms with Gasteiger partial charge in [0.15, 0.2) is 5.84 Å². The molecule has 3 N–H and O–H groups in total. The van der Waals surface area contributed by atoms with Crippen molar-refractivity contribution in [3.63, 3.8) is 0 Å². The number of nitrogens with one attached hydrogen (secondary N) is 2. The van der Waals surface area contributed by atoms with E-state index in [1.165, 1.54) is 10.7 Å². The molecule has 0 spiro atoms. The van der Waals surface area contributed by atoms with Crippen LogP contribution in [-0.4, -0.2) is 30.6 Å². The van der Waals surface area contributed by atoms with Crippen molar-refractivity contribution in [3.05, 3.63) is 100 Å². The highest BCUT2D eigenvalue weighted by Gasteiger charge is 2.29.